The summed E-state index contributed by atoms with van der Waals surface area (Å²) in [6.07, 6.45) is 7.80. The summed E-state index contributed by atoms with van der Waals surface area (Å²) in [5.41, 5.74) is 1.23. The molecular formula is C18H31N5S. The molecule has 24 heavy (non-hydrogen) atoms. The number of guanidine groups is 1. The predicted octanol–water partition coefficient (Wildman–Crippen LogP) is 2.77. The lowest BCUT2D eigenvalue weighted by molar-refractivity contribution is 0.176. The van der Waals surface area contributed by atoms with E-state index in [0.29, 0.717) is 6.04 Å². The van der Waals surface area contributed by atoms with E-state index in [1.165, 1.54) is 62.3 Å². The van der Waals surface area contributed by atoms with Crippen molar-refractivity contribution in [3.63, 3.8) is 0 Å². The molecule has 0 spiro atoms. The zero-order valence-electron chi connectivity index (χ0n) is 15.1. The maximum absolute atomic E-state index is 4.58. The van der Waals surface area contributed by atoms with Gasteiger partial charge in [0.15, 0.2) is 5.96 Å². The minimum atomic E-state index is 0.625. The molecule has 0 amide bonds. The van der Waals surface area contributed by atoms with Crippen LogP contribution in [0.1, 0.15) is 49.2 Å². The number of thiazole rings is 1. The van der Waals surface area contributed by atoms with Crippen LogP contribution < -0.4 is 10.6 Å². The Morgan fingerprint density at radius 1 is 1.29 bits per heavy atom. The molecule has 2 heterocycles. The average molecular weight is 350 g/mol. The first kappa shape index (κ1) is 17.7. The fraction of sp³-hybridized carbons (Fsp3) is 0.778. The highest BCUT2D eigenvalue weighted by Gasteiger charge is 2.21. The molecule has 0 bridgehead atoms. The first-order chi connectivity index (χ1) is 11.7. The topological polar surface area (TPSA) is 52.6 Å². The summed E-state index contributed by atoms with van der Waals surface area (Å²) in [5, 5.41) is 10.5. The molecule has 1 saturated heterocycles. The molecule has 2 fully saturated rings. The lowest BCUT2D eigenvalue weighted by Gasteiger charge is -2.32. The molecule has 5 nitrogen and oxygen atoms in total. The van der Waals surface area contributed by atoms with E-state index in [1.807, 2.05) is 7.05 Å². The van der Waals surface area contributed by atoms with Gasteiger partial charge in [-0.3, -0.25) is 9.89 Å². The lowest BCUT2D eigenvalue weighted by atomic mass is 9.97. The number of aryl methyl sites for hydroxylation is 1. The fourth-order valence-corrected chi connectivity index (χ4v) is 4.36. The van der Waals surface area contributed by atoms with Crippen molar-refractivity contribution in [3.8, 4) is 0 Å². The normalized spacial score (nSPS) is 21.3. The molecule has 2 N–H and O–H groups in total. The van der Waals surface area contributed by atoms with Gasteiger partial charge in [-0.15, -0.1) is 11.3 Å². The summed E-state index contributed by atoms with van der Waals surface area (Å²) in [5.74, 6) is 1.74. The Morgan fingerprint density at radius 2 is 2.04 bits per heavy atom. The molecule has 134 valence electrons. The first-order valence-corrected chi connectivity index (χ1v) is 10.2. The van der Waals surface area contributed by atoms with Gasteiger partial charge in [-0.05, 0) is 51.6 Å². The Morgan fingerprint density at radius 3 is 2.67 bits per heavy atom. The molecule has 1 saturated carbocycles. The monoisotopic (exact) mass is 349 g/mol. The van der Waals surface area contributed by atoms with Crippen molar-refractivity contribution >= 4 is 17.3 Å². The van der Waals surface area contributed by atoms with E-state index < -0.39 is 0 Å². The number of hydrogen-bond donors (Lipinski definition) is 2. The number of likely N-dealkylation sites (tertiary alicyclic amines) is 1. The summed E-state index contributed by atoms with van der Waals surface area (Å²) < 4.78 is 0. The number of nitrogens with zero attached hydrogens (tertiary/aromatic N) is 3. The second-order valence-corrected chi connectivity index (χ2v) is 8.22. The molecule has 1 aromatic rings. The van der Waals surface area contributed by atoms with Crippen LogP contribution >= 0.6 is 11.3 Å². The number of rotatable bonds is 5. The van der Waals surface area contributed by atoms with Crippen LogP contribution in [0.2, 0.25) is 0 Å². The Balaban J connectivity index is 1.35. The Kier molecular flexibility index (Phi) is 6.49. The molecule has 1 aromatic heterocycles. The summed E-state index contributed by atoms with van der Waals surface area (Å²) in [4.78, 5) is 11.5. The van der Waals surface area contributed by atoms with Gasteiger partial charge in [0.1, 0.15) is 0 Å². The molecule has 2 aliphatic rings. The van der Waals surface area contributed by atoms with Gasteiger partial charge in [0.25, 0.3) is 0 Å². The molecule has 0 aromatic carbocycles. The highest BCUT2D eigenvalue weighted by Crippen LogP contribution is 2.20. The molecule has 0 unspecified atom stereocenters. The van der Waals surface area contributed by atoms with E-state index in [1.54, 1.807) is 11.3 Å². The predicted molar refractivity (Wildman–Crippen MR) is 102 cm³/mol. The van der Waals surface area contributed by atoms with Crippen molar-refractivity contribution in [2.24, 2.45) is 10.9 Å². The van der Waals surface area contributed by atoms with Gasteiger partial charge in [0, 0.05) is 31.6 Å². The van der Waals surface area contributed by atoms with Crippen LogP contribution in [0.15, 0.2) is 10.4 Å². The second-order valence-electron chi connectivity index (χ2n) is 7.16. The van der Waals surface area contributed by atoms with Gasteiger partial charge >= 0.3 is 0 Å². The number of piperidine rings is 1. The summed E-state index contributed by atoms with van der Waals surface area (Å²) in [6, 6.07) is 0.625. The molecular weight excluding hydrogens is 318 g/mol. The smallest absolute Gasteiger partial charge is 0.191 e. The van der Waals surface area contributed by atoms with Gasteiger partial charge in [-0.2, -0.15) is 0 Å². The number of aliphatic imine (C=N–C) groups is 1. The van der Waals surface area contributed by atoms with Crippen molar-refractivity contribution in [1.29, 1.82) is 0 Å². The highest BCUT2D eigenvalue weighted by molar-refractivity contribution is 7.09. The van der Waals surface area contributed by atoms with E-state index in [9.17, 15) is 0 Å². The van der Waals surface area contributed by atoms with Gasteiger partial charge < -0.3 is 10.6 Å². The van der Waals surface area contributed by atoms with Crippen LogP contribution in [0.25, 0.3) is 0 Å². The number of aromatic nitrogens is 1. The van der Waals surface area contributed by atoms with Crippen LogP contribution in [0.4, 0.5) is 0 Å². The third kappa shape index (κ3) is 5.18. The highest BCUT2D eigenvalue weighted by atomic mass is 32.1. The van der Waals surface area contributed by atoms with Crippen LogP contribution in [0.3, 0.4) is 0 Å². The van der Waals surface area contributed by atoms with Crippen molar-refractivity contribution < 1.29 is 0 Å². The largest absolute Gasteiger partial charge is 0.356 e. The molecule has 6 heteroatoms. The maximum Gasteiger partial charge on any atom is 0.191 e. The summed E-state index contributed by atoms with van der Waals surface area (Å²) in [7, 11) is 1.88. The van der Waals surface area contributed by atoms with Gasteiger partial charge in [0.2, 0.25) is 0 Å². The minimum absolute atomic E-state index is 0.625. The van der Waals surface area contributed by atoms with Gasteiger partial charge in [0.05, 0.1) is 10.7 Å². The summed E-state index contributed by atoms with van der Waals surface area (Å²) >= 11 is 1.75. The number of hydrogen-bond acceptors (Lipinski definition) is 4. The molecule has 1 aliphatic heterocycles. The number of nitrogens with one attached hydrogen (secondary N) is 2. The van der Waals surface area contributed by atoms with E-state index in [-0.39, 0.29) is 0 Å². The first-order valence-electron chi connectivity index (χ1n) is 9.33. The maximum atomic E-state index is 4.58. The average Bonchev–Trinajstić information content (AvgIpc) is 3.24. The van der Waals surface area contributed by atoms with Crippen LogP contribution in [-0.2, 0) is 6.54 Å². The van der Waals surface area contributed by atoms with E-state index in [2.05, 4.69) is 37.8 Å². The van der Waals surface area contributed by atoms with Crippen molar-refractivity contribution in [1.82, 2.24) is 20.5 Å². The molecule has 0 radical (unpaired) electrons. The lowest BCUT2D eigenvalue weighted by Crippen LogP contribution is -2.45. The van der Waals surface area contributed by atoms with E-state index in [4.69, 9.17) is 0 Å². The Labute approximate surface area is 150 Å². The zero-order chi connectivity index (χ0) is 16.8. The van der Waals surface area contributed by atoms with Crippen molar-refractivity contribution in [2.75, 3.05) is 26.7 Å². The van der Waals surface area contributed by atoms with Crippen LogP contribution in [0, 0.1) is 12.8 Å². The third-order valence-electron chi connectivity index (χ3n) is 5.24. The molecule has 1 aliphatic carbocycles. The third-order valence-corrected chi connectivity index (χ3v) is 6.06. The minimum Gasteiger partial charge on any atom is -0.356 e. The van der Waals surface area contributed by atoms with Crippen molar-refractivity contribution in [3.05, 3.63) is 16.1 Å². The quantitative estimate of drug-likeness (QED) is 0.634. The SMILES string of the molecule is CN=C(NCC1CCN(Cc2csc(C)n2)CC1)NC1CCCC1. The van der Waals surface area contributed by atoms with Gasteiger partial charge in [-0.1, -0.05) is 12.8 Å². The standard InChI is InChI=1S/C18H31N5S/c1-14-21-17(13-24-14)12-23-9-7-15(8-10-23)11-20-18(19-2)22-16-5-3-4-6-16/h13,15-16H,3-12H2,1-2H3,(H2,19,20,22). The van der Waals surface area contributed by atoms with Gasteiger partial charge in [-0.25, -0.2) is 4.98 Å². The molecule has 0 atom stereocenters. The zero-order valence-corrected chi connectivity index (χ0v) is 15.9. The summed E-state index contributed by atoms with van der Waals surface area (Å²) in [6.45, 7) is 6.49. The Bertz CT molecular complexity index is 527. The fourth-order valence-electron chi connectivity index (χ4n) is 3.76. The Hall–Kier alpha value is -1.14. The van der Waals surface area contributed by atoms with Crippen LogP contribution in [0.5, 0.6) is 0 Å². The van der Waals surface area contributed by atoms with E-state index in [0.717, 1.165) is 25.0 Å². The van der Waals surface area contributed by atoms with E-state index >= 15 is 0 Å². The van der Waals surface area contributed by atoms with Crippen molar-refractivity contribution in [2.45, 2.75) is 58.0 Å². The van der Waals surface area contributed by atoms with Crippen LogP contribution in [-0.4, -0.2) is 48.6 Å². The molecule has 3 rings (SSSR count). The second kappa shape index (κ2) is 8.81.